The predicted octanol–water partition coefficient (Wildman–Crippen LogP) is 8.29. The highest BCUT2D eigenvalue weighted by Gasteiger charge is 2.22. The Morgan fingerprint density at radius 1 is 0.322 bits per heavy atom. The monoisotopic (exact) mass is 798 g/mol. The summed E-state index contributed by atoms with van der Waals surface area (Å²) >= 11 is 0. The second kappa shape index (κ2) is 18.4. The molecule has 0 aliphatic rings. The van der Waals surface area contributed by atoms with Gasteiger partial charge in [0.05, 0.1) is 48.2 Å². The quantitative estimate of drug-likeness (QED) is 0.0557. The van der Waals surface area contributed by atoms with Crippen LogP contribution in [0.4, 0.5) is 0 Å². The summed E-state index contributed by atoms with van der Waals surface area (Å²) < 4.78 is 48.4. The molecule has 0 radical (unpaired) electrons. The second-order valence-electron chi connectivity index (χ2n) is 12.5. The largest absolute Gasteiger partial charge is 0.496 e. The molecule has 6 aromatic rings. The number of esters is 3. The van der Waals surface area contributed by atoms with Gasteiger partial charge in [-0.3, -0.25) is 4.79 Å². The van der Waals surface area contributed by atoms with Crippen molar-refractivity contribution in [1.82, 2.24) is 0 Å². The van der Waals surface area contributed by atoms with E-state index >= 15 is 0 Å². The predicted molar refractivity (Wildman–Crippen MR) is 215 cm³/mol. The Labute approximate surface area is 339 Å². The number of rotatable bonds is 15. The van der Waals surface area contributed by atoms with Gasteiger partial charge in [0, 0.05) is 35.4 Å². The number of ketones is 1. The van der Waals surface area contributed by atoms with Gasteiger partial charge in [0.2, 0.25) is 0 Å². The highest BCUT2D eigenvalue weighted by molar-refractivity contribution is 6.09. The van der Waals surface area contributed by atoms with E-state index in [4.69, 9.17) is 42.6 Å². The standard InChI is InChI=1S/C46H38O13/c1-51-37-25-41(55-5)39(53-3)23-35(37)45(49)58-32-17-15-30(16-18-32)43(47)29-11-7-27(8-12-29)28-9-13-31(14-10-28)44(48)57-33-19-21-34(22-20-33)59-46(50)36-24-40(54-4)42(56-6)26-38(36)52-2/h7-26H,1-6H3. The normalized spacial score (nSPS) is 10.5. The first-order valence-electron chi connectivity index (χ1n) is 17.8. The molecule has 0 aliphatic carbocycles. The molecule has 300 valence electrons. The zero-order valence-corrected chi connectivity index (χ0v) is 32.9. The number of carbonyl (C=O) groups is 4. The van der Waals surface area contributed by atoms with E-state index in [-0.39, 0.29) is 45.7 Å². The molecule has 59 heavy (non-hydrogen) atoms. The summed E-state index contributed by atoms with van der Waals surface area (Å²) in [7, 11) is 8.70. The molecule has 0 heterocycles. The first-order valence-corrected chi connectivity index (χ1v) is 17.8. The maximum Gasteiger partial charge on any atom is 0.347 e. The zero-order valence-electron chi connectivity index (χ0n) is 32.9. The third-order valence-electron chi connectivity index (χ3n) is 9.02. The average Bonchev–Trinajstić information content (AvgIpc) is 3.28. The third kappa shape index (κ3) is 9.26. The topological polar surface area (TPSA) is 151 Å². The lowest BCUT2D eigenvalue weighted by atomic mass is 9.99. The van der Waals surface area contributed by atoms with Gasteiger partial charge in [-0.1, -0.05) is 36.4 Å². The van der Waals surface area contributed by atoms with Crippen molar-refractivity contribution in [2.45, 2.75) is 0 Å². The van der Waals surface area contributed by atoms with Crippen LogP contribution >= 0.6 is 0 Å². The number of methoxy groups -OCH3 is 6. The van der Waals surface area contributed by atoms with E-state index in [0.29, 0.717) is 39.7 Å². The fraction of sp³-hybridized carbons (Fsp3) is 0.130. The van der Waals surface area contributed by atoms with Gasteiger partial charge >= 0.3 is 17.9 Å². The Balaban J connectivity index is 1.04. The summed E-state index contributed by atoms with van der Waals surface area (Å²) in [6.45, 7) is 0. The number of benzene rings is 6. The van der Waals surface area contributed by atoms with E-state index < -0.39 is 17.9 Å². The second-order valence-corrected chi connectivity index (χ2v) is 12.5. The van der Waals surface area contributed by atoms with Gasteiger partial charge < -0.3 is 42.6 Å². The molecule has 0 aliphatic heterocycles. The SMILES string of the molecule is COc1cc(OC)c(C(=O)Oc2ccc(OC(=O)c3ccc(-c4ccc(C(=O)c5ccc(OC(=O)c6cc(OC)c(OC)cc6OC)cc5)cc4)cc3)cc2)cc1OC. The number of hydrogen-bond donors (Lipinski definition) is 0. The van der Waals surface area contributed by atoms with Gasteiger partial charge in [-0.25, -0.2) is 14.4 Å². The van der Waals surface area contributed by atoms with Crippen LogP contribution in [0.15, 0.2) is 121 Å². The maximum absolute atomic E-state index is 13.3. The van der Waals surface area contributed by atoms with Crippen LogP contribution in [0.3, 0.4) is 0 Å². The zero-order chi connectivity index (χ0) is 42.1. The third-order valence-corrected chi connectivity index (χ3v) is 9.02. The molecule has 0 bridgehead atoms. The summed E-state index contributed by atoms with van der Waals surface area (Å²) in [6, 6.07) is 32.1. The van der Waals surface area contributed by atoms with E-state index in [0.717, 1.165) is 11.1 Å². The van der Waals surface area contributed by atoms with E-state index in [2.05, 4.69) is 0 Å². The molecular weight excluding hydrogens is 760 g/mol. The van der Waals surface area contributed by atoms with Crippen molar-refractivity contribution in [3.8, 4) is 62.9 Å². The molecule has 13 nitrogen and oxygen atoms in total. The fourth-order valence-electron chi connectivity index (χ4n) is 5.90. The maximum atomic E-state index is 13.3. The molecular formula is C46H38O13. The van der Waals surface area contributed by atoms with Crippen LogP contribution in [0.2, 0.25) is 0 Å². The molecule has 13 heteroatoms. The first-order chi connectivity index (χ1) is 28.6. The van der Waals surface area contributed by atoms with Gasteiger partial charge in [0.15, 0.2) is 28.8 Å². The van der Waals surface area contributed by atoms with Crippen LogP contribution in [-0.4, -0.2) is 66.3 Å². The van der Waals surface area contributed by atoms with Crippen LogP contribution in [0, 0.1) is 0 Å². The van der Waals surface area contributed by atoms with Crippen molar-refractivity contribution < 1.29 is 61.8 Å². The minimum absolute atomic E-state index is 0.133. The molecule has 0 N–H and O–H groups in total. The Hall–Kier alpha value is -7.80. The molecule has 6 rings (SSSR count). The minimum atomic E-state index is -0.684. The first kappa shape index (κ1) is 40.9. The summed E-state index contributed by atoms with van der Waals surface area (Å²) in [5.41, 5.74) is 3.08. The number of ether oxygens (including phenoxy) is 9. The Kier molecular flexibility index (Phi) is 12.8. The van der Waals surface area contributed by atoms with Gasteiger partial charge in [-0.15, -0.1) is 0 Å². The van der Waals surface area contributed by atoms with E-state index in [9.17, 15) is 19.2 Å². The van der Waals surface area contributed by atoms with Crippen LogP contribution in [0.5, 0.6) is 51.7 Å². The van der Waals surface area contributed by atoms with Crippen molar-refractivity contribution in [2.75, 3.05) is 42.7 Å². The lowest BCUT2D eigenvalue weighted by molar-refractivity contribution is 0.0717. The van der Waals surface area contributed by atoms with Gasteiger partial charge in [-0.05, 0) is 71.8 Å². The summed E-state index contributed by atoms with van der Waals surface area (Å²) in [5.74, 6) is 0.478. The van der Waals surface area contributed by atoms with Gasteiger partial charge in [0.1, 0.15) is 39.9 Å². The van der Waals surface area contributed by atoms with Crippen molar-refractivity contribution in [1.29, 1.82) is 0 Å². The summed E-state index contributed by atoms with van der Waals surface area (Å²) in [6.07, 6.45) is 0. The molecule has 0 unspecified atom stereocenters. The lowest BCUT2D eigenvalue weighted by Gasteiger charge is -2.13. The minimum Gasteiger partial charge on any atom is -0.496 e. The molecule has 6 aromatic carbocycles. The molecule has 0 saturated carbocycles. The molecule has 0 aromatic heterocycles. The Morgan fingerprint density at radius 2 is 0.610 bits per heavy atom. The molecule has 0 spiro atoms. The van der Waals surface area contributed by atoms with Crippen molar-refractivity contribution in [3.05, 3.63) is 149 Å². The molecule has 0 atom stereocenters. The van der Waals surface area contributed by atoms with Crippen molar-refractivity contribution >= 4 is 23.7 Å². The van der Waals surface area contributed by atoms with Crippen molar-refractivity contribution in [3.63, 3.8) is 0 Å². The van der Waals surface area contributed by atoms with Crippen LogP contribution in [0.1, 0.15) is 47.0 Å². The molecule has 0 fully saturated rings. The van der Waals surface area contributed by atoms with E-state index in [1.807, 2.05) is 12.1 Å². The van der Waals surface area contributed by atoms with Crippen molar-refractivity contribution in [2.24, 2.45) is 0 Å². The summed E-state index contributed by atoms with van der Waals surface area (Å²) in [4.78, 5) is 52.1. The van der Waals surface area contributed by atoms with E-state index in [1.165, 1.54) is 103 Å². The Morgan fingerprint density at radius 3 is 0.966 bits per heavy atom. The fourth-order valence-corrected chi connectivity index (χ4v) is 5.90. The highest BCUT2D eigenvalue weighted by atomic mass is 16.6. The molecule has 0 saturated heterocycles. The van der Waals surface area contributed by atoms with Gasteiger partial charge in [0.25, 0.3) is 0 Å². The molecule has 0 amide bonds. The Bertz CT molecular complexity index is 2470. The van der Waals surface area contributed by atoms with E-state index in [1.54, 1.807) is 48.5 Å². The average molecular weight is 799 g/mol. The number of carbonyl (C=O) groups excluding carboxylic acids is 4. The highest BCUT2D eigenvalue weighted by Crippen LogP contribution is 2.37. The van der Waals surface area contributed by atoms with Crippen LogP contribution in [0.25, 0.3) is 11.1 Å². The number of hydrogen-bond acceptors (Lipinski definition) is 13. The lowest BCUT2D eigenvalue weighted by Crippen LogP contribution is -2.11. The van der Waals surface area contributed by atoms with Crippen LogP contribution < -0.4 is 42.6 Å². The van der Waals surface area contributed by atoms with Gasteiger partial charge in [-0.2, -0.15) is 0 Å². The smallest absolute Gasteiger partial charge is 0.347 e. The summed E-state index contributed by atoms with van der Waals surface area (Å²) in [5, 5.41) is 0. The van der Waals surface area contributed by atoms with Crippen LogP contribution in [-0.2, 0) is 0 Å².